The minimum absolute atomic E-state index is 0.495. The summed E-state index contributed by atoms with van der Waals surface area (Å²) in [5, 5.41) is 1.40. The molecule has 1 heterocycles. The Morgan fingerprint density at radius 2 is 2.08 bits per heavy atom. The lowest BCUT2D eigenvalue weighted by molar-refractivity contribution is 0.248. The summed E-state index contributed by atoms with van der Waals surface area (Å²) in [5.74, 6) is 0.822. The first-order chi connectivity index (χ1) is 6.09. The van der Waals surface area contributed by atoms with Crippen molar-refractivity contribution >= 4 is 14.5 Å². The summed E-state index contributed by atoms with van der Waals surface area (Å²) in [5.41, 5.74) is 0. The molecule has 1 nitrogen and oxygen atoms in total. The number of hydrogen-bond donors (Lipinski definition) is 0. The van der Waals surface area contributed by atoms with Crippen molar-refractivity contribution in [2.75, 3.05) is 6.61 Å². The van der Waals surface area contributed by atoms with Crippen LogP contribution in [-0.4, -0.2) is 21.1 Å². The molecule has 0 amide bonds. The van der Waals surface area contributed by atoms with Gasteiger partial charge in [-0.25, -0.2) is 0 Å². The highest BCUT2D eigenvalue weighted by atomic mass is 27.2. The summed E-state index contributed by atoms with van der Waals surface area (Å²) in [6.45, 7) is 10.6. The van der Waals surface area contributed by atoms with Crippen molar-refractivity contribution < 1.29 is 3.79 Å². The van der Waals surface area contributed by atoms with E-state index in [1.54, 1.807) is 0 Å². The van der Waals surface area contributed by atoms with Gasteiger partial charge in [0.05, 0.1) is 0 Å². The molecule has 0 aromatic carbocycles. The molecule has 2 heteroatoms. The first-order valence-electron chi connectivity index (χ1n) is 5.70. The fraction of sp³-hybridized carbons (Fsp3) is 1.00. The van der Waals surface area contributed by atoms with Gasteiger partial charge in [-0.3, -0.25) is 0 Å². The average Bonchev–Trinajstić information content (AvgIpc) is 2.18. The molecular formula is C11H23AlO. The van der Waals surface area contributed by atoms with Gasteiger partial charge in [0.2, 0.25) is 0 Å². The largest absolute Gasteiger partial charge is 0.500 e. The van der Waals surface area contributed by atoms with E-state index in [2.05, 4.69) is 27.7 Å². The Hall–Kier alpha value is 0.492. The van der Waals surface area contributed by atoms with Crippen molar-refractivity contribution in [3.63, 3.8) is 0 Å². The zero-order chi connectivity index (χ0) is 9.90. The molecule has 1 aliphatic rings. The molecule has 0 radical (unpaired) electrons. The van der Waals surface area contributed by atoms with Crippen LogP contribution in [0.3, 0.4) is 0 Å². The molecule has 13 heavy (non-hydrogen) atoms. The lowest BCUT2D eigenvalue weighted by atomic mass is 9.94. The second kappa shape index (κ2) is 4.82. The Morgan fingerprint density at radius 3 is 2.54 bits per heavy atom. The van der Waals surface area contributed by atoms with Crippen LogP contribution in [0, 0.1) is 5.92 Å². The van der Waals surface area contributed by atoms with Gasteiger partial charge >= 0.3 is 14.5 Å². The highest BCUT2D eigenvalue weighted by Gasteiger charge is 2.42. The van der Waals surface area contributed by atoms with Gasteiger partial charge in [-0.2, -0.15) is 0 Å². The van der Waals surface area contributed by atoms with E-state index >= 15 is 0 Å². The van der Waals surface area contributed by atoms with E-state index in [-0.39, 0.29) is 0 Å². The third-order valence-corrected chi connectivity index (χ3v) is 7.69. The lowest BCUT2D eigenvalue weighted by Gasteiger charge is -2.37. The Morgan fingerprint density at radius 1 is 1.38 bits per heavy atom. The summed E-state index contributed by atoms with van der Waals surface area (Å²) < 4.78 is 6.50. The SMILES string of the molecule is CCC(C)[C](C)(C)[Al]1[CH2]CCC[O]1. The molecule has 1 unspecified atom stereocenters. The quantitative estimate of drug-likeness (QED) is 0.629. The van der Waals surface area contributed by atoms with Crippen molar-refractivity contribution in [3.8, 4) is 0 Å². The molecule has 0 spiro atoms. The average molecular weight is 198 g/mol. The Balaban J connectivity index is 2.55. The lowest BCUT2D eigenvalue weighted by Crippen LogP contribution is -2.38. The highest BCUT2D eigenvalue weighted by Crippen LogP contribution is 2.42. The topological polar surface area (TPSA) is 9.23 Å². The van der Waals surface area contributed by atoms with Crippen LogP contribution in [0.25, 0.3) is 0 Å². The first kappa shape index (κ1) is 11.6. The van der Waals surface area contributed by atoms with E-state index in [4.69, 9.17) is 3.79 Å². The van der Waals surface area contributed by atoms with Crippen molar-refractivity contribution in [2.24, 2.45) is 5.92 Å². The van der Waals surface area contributed by atoms with Crippen LogP contribution in [0.5, 0.6) is 0 Å². The highest BCUT2D eigenvalue weighted by molar-refractivity contribution is 6.55. The molecule has 1 aliphatic heterocycles. The van der Waals surface area contributed by atoms with E-state index in [1.165, 1.54) is 24.5 Å². The second-order valence-electron chi connectivity index (χ2n) is 4.99. The molecule has 0 saturated carbocycles. The van der Waals surface area contributed by atoms with E-state index < -0.39 is 14.5 Å². The van der Waals surface area contributed by atoms with Crippen molar-refractivity contribution in [1.29, 1.82) is 0 Å². The summed E-state index contributed by atoms with van der Waals surface area (Å²) in [7, 11) is 0. The zero-order valence-corrected chi connectivity index (χ0v) is 10.8. The Kier molecular flexibility index (Phi) is 4.29. The monoisotopic (exact) mass is 198 g/mol. The van der Waals surface area contributed by atoms with Gasteiger partial charge in [0.15, 0.2) is 0 Å². The van der Waals surface area contributed by atoms with Gasteiger partial charge < -0.3 is 3.79 Å². The molecule has 0 aliphatic carbocycles. The van der Waals surface area contributed by atoms with Gasteiger partial charge in [-0.1, -0.05) is 45.8 Å². The molecular weight excluding hydrogens is 175 g/mol. The zero-order valence-electron chi connectivity index (χ0n) is 9.60. The minimum atomic E-state index is -0.911. The minimum Gasteiger partial charge on any atom is -0.500 e. The third kappa shape index (κ3) is 2.72. The summed E-state index contributed by atoms with van der Waals surface area (Å²) in [6.07, 6.45) is 4.00. The Bertz CT molecular complexity index is 150. The molecule has 1 saturated heterocycles. The van der Waals surface area contributed by atoms with Gasteiger partial charge in [0, 0.05) is 6.61 Å². The van der Waals surface area contributed by atoms with Crippen LogP contribution in [0.2, 0.25) is 9.56 Å². The van der Waals surface area contributed by atoms with Gasteiger partial charge in [-0.05, 0) is 16.6 Å². The molecule has 1 fully saturated rings. The third-order valence-electron chi connectivity index (χ3n) is 3.89. The molecule has 1 rings (SSSR count). The van der Waals surface area contributed by atoms with Crippen LogP contribution >= 0.6 is 0 Å². The smallest absolute Gasteiger partial charge is 0.467 e. The second-order valence-corrected chi connectivity index (χ2v) is 8.36. The summed E-state index contributed by atoms with van der Waals surface area (Å²) in [6, 6.07) is 0. The van der Waals surface area contributed by atoms with Gasteiger partial charge in [-0.15, -0.1) is 0 Å². The van der Waals surface area contributed by atoms with Gasteiger partial charge in [0.25, 0.3) is 0 Å². The van der Waals surface area contributed by atoms with E-state index in [1.807, 2.05) is 0 Å². The number of hydrogen-bond acceptors (Lipinski definition) is 1. The maximum Gasteiger partial charge on any atom is 0.467 e. The van der Waals surface area contributed by atoms with E-state index in [9.17, 15) is 0 Å². The van der Waals surface area contributed by atoms with Crippen molar-refractivity contribution in [3.05, 3.63) is 0 Å². The van der Waals surface area contributed by atoms with Gasteiger partial charge in [0.1, 0.15) is 0 Å². The van der Waals surface area contributed by atoms with Crippen LogP contribution in [0.1, 0.15) is 47.0 Å². The Labute approximate surface area is 87.6 Å². The normalized spacial score (nSPS) is 21.7. The summed E-state index contributed by atoms with van der Waals surface area (Å²) in [4.78, 5) is 0. The molecule has 0 N–H and O–H groups in total. The first-order valence-corrected chi connectivity index (χ1v) is 7.57. The summed E-state index contributed by atoms with van der Waals surface area (Å²) >= 11 is -0.911. The van der Waals surface area contributed by atoms with E-state index in [0.717, 1.165) is 12.5 Å². The molecule has 76 valence electrons. The molecule has 0 aromatic heterocycles. The predicted octanol–water partition coefficient (Wildman–Crippen LogP) is 3.61. The molecule has 1 atom stereocenters. The van der Waals surface area contributed by atoms with Crippen molar-refractivity contribution in [2.45, 2.75) is 56.5 Å². The van der Waals surface area contributed by atoms with Crippen molar-refractivity contribution in [1.82, 2.24) is 0 Å². The standard InChI is InChI=1S/C7H15.C4H8O.Al/c1-5-7(4)6(2)3;1-2-3-4-5;/h7H,5H2,1-4H3;1-4H2;/q;-1;+1. The molecule has 0 aromatic rings. The fourth-order valence-corrected chi connectivity index (χ4v) is 5.49. The maximum atomic E-state index is 6.00. The number of rotatable bonds is 3. The van der Waals surface area contributed by atoms with E-state index in [0.29, 0.717) is 4.28 Å². The fourth-order valence-electron chi connectivity index (χ4n) is 2.17. The predicted molar refractivity (Wildman–Crippen MR) is 59.2 cm³/mol. The maximum absolute atomic E-state index is 6.00. The van der Waals surface area contributed by atoms with Crippen LogP contribution in [0.15, 0.2) is 0 Å². The molecule has 0 bridgehead atoms. The van der Waals surface area contributed by atoms with Crippen LogP contribution in [0.4, 0.5) is 0 Å². The van der Waals surface area contributed by atoms with Crippen LogP contribution in [-0.2, 0) is 3.79 Å². The van der Waals surface area contributed by atoms with Crippen LogP contribution < -0.4 is 0 Å².